The van der Waals surface area contributed by atoms with Crippen molar-refractivity contribution < 1.29 is 4.74 Å². The first-order chi connectivity index (χ1) is 11.9. The predicted octanol–water partition coefficient (Wildman–Crippen LogP) is 1.91. The summed E-state index contributed by atoms with van der Waals surface area (Å²) in [5.74, 6) is 2.99. The van der Waals surface area contributed by atoms with Crippen molar-refractivity contribution in [2.75, 3.05) is 36.5 Å². The van der Waals surface area contributed by atoms with Gasteiger partial charge in [-0.15, -0.1) is 5.10 Å². The smallest absolute Gasteiger partial charge is 0.245 e. The Bertz CT molecular complexity index is 860. The normalized spacial score (nSPS) is 18.2. The lowest BCUT2D eigenvalue weighted by Crippen LogP contribution is -2.37. The van der Waals surface area contributed by atoms with Crippen LogP contribution in [0, 0.1) is 0 Å². The molecular weight excluding hydrogens is 306 g/mol. The van der Waals surface area contributed by atoms with Crippen LogP contribution in [0.2, 0.25) is 0 Å². The monoisotopic (exact) mass is 325 g/mol. The highest BCUT2D eigenvalue weighted by atomic mass is 16.5. The third-order valence-corrected chi connectivity index (χ3v) is 4.52. The van der Waals surface area contributed by atoms with Crippen LogP contribution >= 0.6 is 0 Å². The van der Waals surface area contributed by atoms with Crippen molar-refractivity contribution in [3.8, 4) is 0 Å². The Morgan fingerprint density at radius 1 is 1.25 bits per heavy atom. The molecule has 5 rings (SSSR count). The number of rotatable bonds is 4. The molecule has 2 N–H and O–H groups in total. The Labute approximate surface area is 138 Å². The average molecular weight is 325 g/mol. The SMILES string of the molecule is c1cc2c(Nc3cc(C4CC4)n[nH]3)nc(N3CCOCC3)nn2c1. The maximum Gasteiger partial charge on any atom is 0.245 e. The number of anilines is 3. The number of nitrogens with zero attached hydrogens (tertiary/aromatic N) is 5. The molecule has 8 heteroatoms. The van der Waals surface area contributed by atoms with Crippen LogP contribution in [0.15, 0.2) is 24.4 Å². The summed E-state index contributed by atoms with van der Waals surface area (Å²) in [6.07, 6.45) is 4.42. The number of fused-ring (bicyclic) bond motifs is 1. The highest BCUT2D eigenvalue weighted by Gasteiger charge is 2.26. The Morgan fingerprint density at radius 3 is 2.96 bits per heavy atom. The van der Waals surface area contributed by atoms with Crippen LogP contribution in [0.1, 0.15) is 24.5 Å². The maximum absolute atomic E-state index is 5.42. The number of aromatic nitrogens is 5. The van der Waals surface area contributed by atoms with Gasteiger partial charge in [-0.3, -0.25) is 5.10 Å². The highest BCUT2D eigenvalue weighted by Crippen LogP contribution is 2.39. The van der Waals surface area contributed by atoms with Crippen LogP contribution in [-0.4, -0.2) is 51.1 Å². The standard InChI is InChI=1S/C16H19N7O/c1-2-13-15(17-14-10-12(19-20-14)11-3-4-11)18-16(21-23(13)5-1)22-6-8-24-9-7-22/h1-2,5,10-11H,3-4,6-9H2,(H2,17,18,19,20,21). The third-order valence-electron chi connectivity index (χ3n) is 4.52. The second-order valence-electron chi connectivity index (χ2n) is 6.30. The van der Waals surface area contributed by atoms with Gasteiger partial charge >= 0.3 is 0 Å². The third kappa shape index (κ3) is 2.48. The van der Waals surface area contributed by atoms with Gasteiger partial charge in [0, 0.05) is 31.3 Å². The molecule has 4 heterocycles. The molecular formula is C16H19N7O. The van der Waals surface area contributed by atoms with E-state index in [1.807, 2.05) is 22.8 Å². The molecule has 24 heavy (non-hydrogen) atoms. The minimum atomic E-state index is 0.624. The molecule has 0 unspecified atom stereocenters. The van der Waals surface area contributed by atoms with Crippen molar-refractivity contribution in [3.05, 3.63) is 30.1 Å². The van der Waals surface area contributed by atoms with Gasteiger partial charge in [-0.05, 0) is 25.0 Å². The van der Waals surface area contributed by atoms with Gasteiger partial charge in [-0.25, -0.2) is 4.52 Å². The molecule has 124 valence electrons. The largest absolute Gasteiger partial charge is 0.378 e. The van der Waals surface area contributed by atoms with E-state index in [1.165, 1.54) is 12.8 Å². The Morgan fingerprint density at radius 2 is 2.12 bits per heavy atom. The zero-order valence-electron chi connectivity index (χ0n) is 13.3. The summed E-state index contributed by atoms with van der Waals surface area (Å²) in [6, 6.07) is 6.05. The number of nitrogens with one attached hydrogen (secondary N) is 2. The number of hydrogen-bond acceptors (Lipinski definition) is 6. The molecule has 1 saturated carbocycles. The van der Waals surface area contributed by atoms with Gasteiger partial charge in [-0.2, -0.15) is 10.1 Å². The van der Waals surface area contributed by atoms with E-state index >= 15 is 0 Å². The Hall–Kier alpha value is -2.61. The lowest BCUT2D eigenvalue weighted by atomic mass is 10.3. The van der Waals surface area contributed by atoms with E-state index in [-0.39, 0.29) is 0 Å². The summed E-state index contributed by atoms with van der Waals surface area (Å²) in [7, 11) is 0. The fraction of sp³-hybridized carbons (Fsp3) is 0.438. The van der Waals surface area contributed by atoms with Crippen molar-refractivity contribution in [2.45, 2.75) is 18.8 Å². The molecule has 0 spiro atoms. The first-order valence-corrected chi connectivity index (χ1v) is 8.37. The van der Waals surface area contributed by atoms with Crippen LogP contribution in [0.3, 0.4) is 0 Å². The predicted molar refractivity (Wildman–Crippen MR) is 89.9 cm³/mol. The fourth-order valence-electron chi connectivity index (χ4n) is 3.03. The molecule has 0 atom stereocenters. The summed E-state index contributed by atoms with van der Waals surface area (Å²) < 4.78 is 7.28. The molecule has 1 aliphatic heterocycles. The molecule has 1 aliphatic carbocycles. The summed E-state index contributed by atoms with van der Waals surface area (Å²) >= 11 is 0. The molecule has 2 fully saturated rings. The minimum Gasteiger partial charge on any atom is -0.378 e. The first kappa shape index (κ1) is 13.8. The van der Waals surface area contributed by atoms with Gasteiger partial charge < -0.3 is 15.0 Å². The van der Waals surface area contributed by atoms with E-state index < -0.39 is 0 Å². The van der Waals surface area contributed by atoms with Crippen LogP contribution < -0.4 is 10.2 Å². The molecule has 0 bridgehead atoms. The van der Waals surface area contributed by atoms with Crippen molar-refractivity contribution in [1.29, 1.82) is 0 Å². The van der Waals surface area contributed by atoms with Crippen molar-refractivity contribution in [1.82, 2.24) is 24.8 Å². The second kappa shape index (κ2) is 5.48. The van der Waals surface area contributed by atoms with E-state index in [0.717, 1.165) is 35.9 Å². The molecule has 3 aromatic rings. The summed E-state index contributed by atoms with van der Waals surface area (Å²) in [5.41, 5.74) is 2.07. The number of ether oxygens (including phenoxy) is 1. The van der Waals surface area contributed by atoms with Gasteiger partial charge in [0.25, 0.3) is 0 Å². The summed E-state index contributed by atoms with van der Waals surface area (Å²) in [6.45, 7) is 3.03. The van der Waals surface area contributed by atoms with Crippen molar-refractivity contribution >= 4 is 23.1 Å². The topological polar surface area (TPSA) is 83.4 Å². The number of hydrogen-bond donors (Lipinski definition) is 2. The van der Waals surface area contributed by atoms with Gasteiger partial charge in [0.1, 0.15) is 11.3 Å². The number of morpholine rings is 1. The highest BCUT2D eigenvalue weighted by molar-refractivity contribution is 5.73. The zero-order valence-corrected chi connectivity index (χ0v) is 13.3. The van der Waals surface area contributed by atoms with Crippen molar-refractivity contribution in [2.24, 2.45) is 0 Å². The quantitative estimate of drug-likeness (QED) is 0.762. The van der Waals surface area contributed by atoms with Gasteiger partial charge in [-0.1, -0.05) is 0 Å². The molecule has 8 nitrogen and oxygen atoms in total. The number of H-pyrrole nitrogens is 1. The summed E-state index contributed by atoms with van der Waals surface area (Å²) in [4.78, 5) is 6.89. The van der Waals surface area contributed by atoms with E-state index in [4.69, 9.17) is 9.72 Å². The second-order valence-corrected chi connectivity index (χ2v) is 6.30. The molecule has 0 radical (unpaired) electrons. The van der Waals surface area contributed by atoms with Crippen LogP contribution in [0.4, 0.5) is 17.6 Å². The number of aromatic amines is 1. The minimum absolute atomic E-state index is 0.624. The van der Waals surface area contributed by atoms with Crippen LogP contribution in [0.5, 0.6) is 0 Å². The molecule has 3 aromatic heterocycles. The van der Waals surface area contributed by atoms with E-state index in [1.54, 1.807) is 0 Å². The van der Waals surface area contributed by atoms with Gasteiger partial charge in [0.15, 0.2) is 5.82 Å². The molecule has 2 aliphatic rings. The lowest BCUT2D eigenvalue weighted by Gasteiger charge is -2.27. The van der Waals surface area contributed by atoms with Gasteiger partial charge in [0.2, 0.25) is 5.95 Å². The maximum atomic E-state index is 5.42. The molecule has 0 aromatic carbocycles. The fourth-order valence-corrected chi connectivity index (χ4v) is 3.03. The Balaban J connectivity index is 1.49. The van der Waals surface area contributed by atoms with E-state index in [0.29, 0.717) is 25.1 Å². The Kier molecular flexibility index (Phi) is 3.15. The molecule has 1 saturated heterocycles. The van der Waals surface area contributed by atoms with Crippen LogP contribution in [0.25, 0.3) is 5.52 Å². The van der Waals surface area contributed by atoms with E-state index in [2.05, 4.69) is 31.6 Å². The van der Waals surface area contributed by atoms with Crippen LogP contribution in [-0.2, 0) is 4.74 Å². The average Bonchev–Trinajstić information content (AvgIpc) is 3.17. The summed E-state index contributed by atoms with van der Waals surface area (Å²) in [5, 5.41) is 15.4. The zero-order chi connectivity index (χ0) is 15.9. The first-order valence-electron chi connectivity index (χ1n) is 8.37. The van der Waals surface area contributed by atoms with Crippen molar-refractivity contribution in [3.63, 3.8) is 0 Å². The molecule has 0 amide bonds. The lowest BCUT2D eigenvalue weighted by molar-refractivity contribution is 0.122. The van der Waals surface area contributed by atoms with Gasteiger partial charge in [0.05, 0.1) is 18.9 Å². The van der Waals surface area contributed by atoms with E-state index in [9.17, 15) is 0 Å².